The number of aryl methyl sites for hydroxylation is 1. The maximum atomic E-state index is 11.4. The van der Waals surface area contributed by atoms with Gasteiger partial charge >= 0.3 is 0 Å². The predicted molar refractivity (Wildman–Crippen MR) is 77.2 cm³/mol. The Bertz CT molecular complexity index is 774. The molecule has 0 aliphatic heterocycles. The molecule has 5 heteroatoms. The smallest absolute Gasteiger partial charge is 0.274 e. The van der Waals surface area contributed by atoms with Crippen molar-refractivity contribution < 1.29 is 0 Å². The van der Waals surface area contributed by atoms with E-state index in [0.29, 0.717) is 0 Å². The molecule has 18 heavy (non-hydrogen) atoms. The molecule has 3 aromatic rings. The van der Waals surface area contributed by atoms with Crippen LogP contribution in [0, 0.1) is 6.92 Å². The monoisotopic (exact) mass is 320 g/mol. The summed E-state index contributed by atoms with van der Waals surface area (Å²) in [6, 6.07) is 9.66. The van der Waals surface area contributed by atoms with E-state index in [1.807, 2.05) is 41.0 Å². The summed E-state index contributed by atoms with van der Waals surface area (Å²) in [5.74, 6) is 0. The van der Waals surface area contributed by atoms with Crippen molar-refractivity contribution in [1.29, 1.82) is 0 Å². The maximum absolute atomic E-state index is 11.4. The first-order valence-corrected chi connectivity index (χ1v) is 7.06. The summed E-state index contributed by atoms with van der Waals surface area (Å²) >= 11 is 4.91. The summed E-state index contributed by atoms with van der Waals surface area (Å²) in [6.45, 7) is 1.92. The highest BCUT2D eigenvalue weighted by Gasteiger charge is 2.09. The van der Waals surface area contributed by atoms with Crippen LogP contribution < -0.4 is 5.56 Å². The second kappa shape index (κ2) is 4.33. The van der Waals surface area contributed by atoms with E-state index in [1.165, 1.54) is 11.3 Å². The zero-order valence-corrected chi connectivity index (χ0v) is 12.0. The van der Waals surface area contributed by atoms with Crippen molar-refractivity contribution in [3.05, 3.63) is 56.2 Å². The molecule has 1 aromatic carbocycles. The van der Waals surface area contributed by atoms with E-state index in [2.05, 4.69) is 20.9 Å². The van der Waals surface area contributed by atoms with Crippen molar-refractivity contribution in [1.82, 2.24) is 9.38 Å². The van der Waals surface area contributed by atoms with Crippen LogP contribution in [0.5, 0.6) is 0 Å². The lowest BCUT2D eigenvalue weighted by molar-refractivity contribution is 1.05. The Hall–Kier alpha value is -1.46. The molecule has 90 valence electrons. The Morgan fingerprint density at radius 2 is 2.00 bits per heavy atom. The summed E-state index contributed by atoms with van der Waals surface area (Å²) in [7, 11) is 0. The Kier molecular flexibility index (Phi) is 2.80. The van der Waals surface area contributed by atoms with Gasteiger partial charge < -0.3 is 0 Å². The van der Waals surface area contributed by atoms with Gasteiger partial charge in [0.2, 0.25) is 0 Å². The second-order valence-corrected chi connectivity index (χ2v) is 5.73. The molecule has 0 aliphatic carbocycles. The van der Waals surface area contributed by atoms with Crippen LogP contribution in [0.1, 0.15) is 5.69 Å². The van der Waals surface area contributed by atoms with E-state index >= 15 is 0 Å². The number of rotatable bonds is 1. The SMILES string of the molecule is Cc1cc(=O)nc2scc(-c3ccc(Br)cc3)n12. The molecule has 3 nitrogen and oxygen atoms in total. The zero-order chi connectivity index (χ0) is 12.7. The fourth-order valence-electron chi connectivity index (χ4n) is 1.92. The number of hydrogen-bond donors (Lipinski definition) is 0. The third kappa shape index (κ3) is 1.89. The van der Waals surface area contributed by atoms with Crippen molar-refractivity contribution in [2.45, 2.75) is 6.92 Å². The first-order chi connectivity index (χ1) is 8.65. The van der Waals surface area contributed by atoms with E-state index in [1.54, 1.807) is 6.07 Å². The van der Waals surface area contributed by atoms with Crippen LogP contribution in [0.3, 0.4) is 0 Å². The average molecular weight is 321 g/mol. The van der Waals surface area contributed by atoms with Crippen molar-refractivity contribution >= 4 is 32.2 Å². The molecule has 0 amide bonds. The third-order valence-electron chi connectivity index (χ3n) is 2.74. The van der Waals surface area contributed by atoms with Crippen LogP contribution in [0.15, 0.2) is 45.0 Å². The molecule has 0 saturated heterocycles. The first kappa shape index (κ1) is 11.6. The van der Waals surface area contributed by atoms with Crippen LogP contribution in [0.4, 0.5) is 0 Å². The summed E-state index contributed by atoms with van der Waals surface area (Å²) < 4.78 is 3.06. The van der Waals surface area contributed by atoms with Gasteiger partial charge in [-0.2, -0.15) is 4.98 Å². The van der Waals surface area contributed by atoms with E-state index in [4.69, 9.17) is 0 Å². The van der Waals surface area contributed by atoms with Gasteiger partial charge in [0.15, 0.2) is 4.96 Å². The molecular weight excluding hydrogens is 312 g/mol. The van der Waals surface area contributed by atoms with Crippen molar-refractivity contribution in [2.24, 2.45) is 0 Å². The fraction of sp³-hybridized carbons (Fsp3) is 0.0769. The van der Waals surface area contributed by atoms with Gasteiger partial charge in [0.1, 0.15) is 0 Å². The minimum Gasteiger partial charge on any atom is -0.289 e. The average Bonchev–Trinajstić information content (AvgIpc) is 2.74. The van der Waals surface area contributed by atoms with E-state index in [9.17, 15) is 4.79 Å². The summed E-state index contributed by atoms with van der Waals surface area (Å²) in [5.41, 5.74) is 2.89. The van der Waals surface area contributed by atoms with E-state index < -0.39 is 0 Å². The quantitative estimate of drug-likeness (QED) is 0.687. The molecule has 0 saturated carbocycles. The number of fused-ring (bicyclic) bond motifs is 1. The van der Waals surface area contributed by atoms with Gasteiger partial charge in [-0.05, 0) is 24.6 Å². The normalized spacial score (nSPS) is 11.0. The molecule has 0 radical (unpaired) electrons. The van der Waals surface area contributed by atoms with Gasteiger partial charge in [0.05, 0.1) is 5.69 Å². The van der Waals surface area contributed by atoms with Gasteiger partial charge in [-0.25, -0.2) is 0 Å². The van der Waals surface area contributed by atoms with Gasteiger partial charge in [0, 0.05) is 21.6 Å². The number of aromatic nitrogens is 2. The Labute approximate surface area is 116 Å². The van der Waals surface area contributed by atoms with Crippen LogP contribution >= 0.6 is 27.3 Å². The van der Waals surface area contributed by atoms with Crippen molar-refractivity contribution in [2.75, 3.05) is 0 Å². The molecule has 0 aliphatic rings. The van der Waals surface area contributed by atoms with Crippen LogP contribution in [-0.4, -0.2) is 9.38 Å². The Balaban J connectivity index is 2.30. The number of benzene rings is 1. The highest BCUT2D eigenvalue weighted by Crippen LogP contribution is 2.26. The molecule has 2 heterocycles. The maximum Gasteiger partial charge on any atom is 0.274 e. The van der Waals surface area contributed by atoms with E-state index in [-0.39, 0.29) is 5.56 Å². The lowest BCUT2D eigenvalue weighted by atomic mass is 10.2. The van der Waals surface area contributed by atoms with Crippen LogP contribution in [0.25, 0.3) is 16.2 Å². The largest absolute Gasteiger partial charge is 0.289 e. The Morgan fingerprint density at radius 3 is 2.72 bits per heavy atom. The summed E-state index contributed by atoms with van der Waals surface area (Å²) in [4.78, 5) is 16.1. The molecule has 0 spiro atoms. The number of thiazole rings is 1. The summed E-state index contributed by atoms with van der Waals surface area (Å²) in [6.07, 6.45) is 0. The standard InChI is InChI=1S/C13H9BrN2OS/c1-8-6-12(17)15-13-16(8)11(7-18-13)9-2-4-10(14)5-3-9/h2-7H,1H3. The van der Waals surface area contributed by atoms with Crippen molar-refractivity contribution in [3.63, 3.8) is 0 Å². The van der Waals surface area contributed by atoms with Gasteiger partial charge in [0.25, 0.3) is 5.56 Å². The predicted octanol–water partition coefficient (Wildman–Crippen LogP) is 3.49. The fourth-order valence-corrected chi connectivity index (χ4v) is 3.14. The van der Waals surface area contributed by atoms with Gasteiger partial charge in [-0.3, -0.25) is 9.20 Å². The first-order valence-electron chi connectivity index (χ1n) is 5.39. The molecule has 2 aromatic heterocycles. The van der Waals surface area contributed by atoms with Crippen LogP contribution in [-0.2, 0) is 0 Å². The Morgan fingerprint density at radius 1 is 1.28 bits per heavy atom. The van der Waals surface area contributed by atoms with Gasteiger partial charge in [-0.1, -0.05) is 28.1 Å². The third-order valence-corrected chi connectivity index (χ3v) is 4.09. The molecular formula is C13H9BrN2OS. The van der Waals surface area contributed by atoms with E-state index in [0.717, 1.165) is 26.4 Å². The molecule has 0 unspecified atom stereocenters. The lowest BCUT2D eigenvalue weighted by Crippen LogP contribution is -2.08. The highest BCUT2D eigenvalue weighted by molar-refractivity contribution is 9.10. The zero-order valence-electron chi connectivity index (χ0n) is 9.55. The molecule has 0 fully saturated rings. The second-order valence-electron chi connectivity index (χ2n) is 3.98. The van der Waals surface area contributed by atoms with Gasteiger partial charge in [-0.15, -0.1) is 11.3 Å². The number of hydrogen-bond acceptors (Lipinski definition) is 3. The number of halogens is 1. The topological polar surface area (TPSA) is 34.4 Å². The molecule has 0 bridgehead atoms. The minimum atomic E-state index is -0.184. The lowest BCUT2D eigenvalue weighted by Gasteiger charge is -2.04. The van der Waals surface area contributed by atoms with Crippen LogP contribution in [0.2, 0.25) is 0 Å². The molecule has 0 atom stereocenters. The minimum absolute atomic E-state index is 0.184. The summed E-state index contributed by atoms with van der Waals surface area (Å²) in [5, 5.41) is 2.03. The highest BCUT2D eigenvalue weighted by atomic mass is 79.9. The molecule has 0 N–H and O–H groups in total. The molecule has 3 rings (SSSR count). The van der Waals surface area contributed by atoms with Crippen molar-refractivity contribution in [3.8, 4) is 11.3 Å². The number of nitrogens with zero attached hydrogens (tertiary/aromatic N) is 2.